The molecule has 0 unspecified atom stereocenters. The topological polar surface area (TPSA) is 110 Å². The fourth-order valence-corrected chi connectivity index (χ4v) is 4.12. The summed E-state index contributed by atoms with van der Waals surface area (Å²) in [6, 6.07) is 6.94. The number of carboxylic acids is 1. The third-order valence-electron chi connectivity index (χ3n) is 5.50. The van der Waals surface area contributed by atoms with Crippen LogP contribution in [0.25, 0.3) is 10.9 Å². The summed E-state index contributed by atoms with van der Waals surface area (Å²) in [5.41, 5.74) is 1.06. The van der Waals surface area contributed by atoms with Crippen molar-refractivity contribution in [2.24, 2.45) is 0 Å². The molecule has 1 fully saturated rings. The van der Waals surface area contributed by atoms with Gasteiger partial charge in [-0.3, -0.25) is 4.79 Å². The van der Waals surface area contributed by atoms with Gasteiger partial charge in [-0.25, -0.2) is 9.78 Å². The molecule has 1 aliphatic heterocycles. The Bertz CT molecular complexity index is 1240. The van der Waals surface area contributed by atoms with Crippen molar-refractivity contribution in [1.29, 1.82) is 0 Å². The average molecular weight is 472 g/mol. The fourth-order valence-electron chi connectivity index (χ4n) is 3.98. The number of hydrogen-bond donors (Lipinski definition) is 2. The Labute approximate surface area is 196 Å². The number of pyridine rings is 1. The van der Waals surface area contributed by atoms with Gasteiger partial charge in [0, 0.05) is 30.2 Å². The summed E-state index contributed by atoms with van der Waals surface area (Å²) in [7, 11) is 0. The van der Waals surface area contributed by atoms with E-state index in [1.165, 1.54) is 6.42 Å². The zero-order valence-corrected chi connectivity index (χ0v) is 19.3. The number of nitrogens with zero attached hydrogens (tertiary/aromatic N) is 4. The van der Waals surface area contributed by atoms with Crippen LogP contribution in [-0.4, -0.2) is 45.3 Å². The van der Waals surface area contributed by atoms with E-state index < -0.39 is 12.6 Å². The second-order valence-electron chi connectivity index (χ2n) is 8.27. The van der Waals surface area contributed by atoms with Crippen molar-refractivity contribution < 1.29 is 14.6 Å². The molecule has 0 atom stereocenters. The number of aromatic nitrogens is 3. The normalized spacial score (nSPS) is 14.0. The number of fused-ring (bicyclic) bond motifs is 1. The second kappa shape index (κ2) is 9.66. The predicted molar refractivity (Wildman–Crippen MR) is 128 cm³/mol. The molecule has 2 aromatic heterocycles. The van der Waals surface area contributed by atoms with Gasteiger partial charge in [0.05, 0.1) is 11.7 Å². The van der Waals surface area contributed by atoms with Crippen LogP contribution in [-0.2, 0) is 4.79 Å². The van der Waals surface area contributed by atoms with Crippen molar-refractivity contribution in [3.05, 3.63) is 45.8 Å². The maximum Gasteiger partial charge on any atom is 0.341 e. The Morgan fingerprint density at radius 2 is 2.00 bits per heavy atom. The van der Waals surface area contributed by atoms with Gasteiger partial charge >= 0.3 is 5.97 Å². The van der Waals surface area contributed by atoms with Gasteiger partial charge in [0.15, 0.2) is 18.2 Å². The molecule has 10 heteroatoms. The first kappa shape index (κ1) is 22.8. The first-order valence-electron chi connectivity index (χ1n) is 10.9. The van der Waals surface area contributed by atoms with Crippen molar-refractivity contribution in [2.45, 2.75) is 39.2 Å². The highest BCUT2D eigenvalue weighted by atomic mass is 35.5. The monoisotopic (exact) mass is 471 g/mol. The fraction of sp³-hybridized carbons (Fsp3) is 0.391. The van der Waals surface area contributed by atoms with Crippen LogP contribution in [0.15, 0.2) is 35.3 Å². The molecule has 1 aromatic carbocycles. The molecule has 4 rings (SSSR count). The number of carbonyl (C=O) groups is 1. The van der Waals surface area contributed by atoms with Gasteiger partial charge in [0.25, 0.3) is 5.56 Å². The quantitative estimate of drug-likeness (QED) is 0.527. The molecule has 9 nitrogen and oxygen atoms in total. The molecule has 3 heterocycles. The van der Waals surface area contributed by atoms with E-state index in [2.05, 4.69) is 20.2 Å². The smallest absolute Gasteiger partial charge is 0.341 e. The molecule has 2 N–H and O–H groups in total. The van der Waals surface area contributed by atoms with E-state index >= 15 is 0 Å². The molecule has 3 aromatic rings. The molecule has 33 heavy (non-hydrogen) atoms. The molecule has 0 spiro atoms. The van der Waals surface area contributed by atoms with Crippen LogP contribution in [0.3, 0.4) is 0 Å². The minimum absolute atomic E-state index is 0.0109. The van der Waals surface area contributed by atoms with Crippen molar-refractivity contribution in [1.82, 2.24) is 14.5 Å². The van der Waals surface area contributed by atoms with Gasteiger partial charge in [0.1, 0.15) is 5.02 Å². The highest BCUT2D eigenvalue weighted by Gasteiger charge is 2.17. The van der Waals surface area contributed by atoms with E-state index in [0.29, 0.717) is 28.0 Å². The van der Waals surface area contributed by atoms with Crippen LogP contribution < -0.4 is 20.5 Å². The largest absolute Gasteiger partial charge is 0.479 e. The van der Waals surface area contributed by atoms with E-state index in [1.807, 2.05) is 32.0 Å². The first-order chi connectivity index (χ1) is 15.8. The first-order valence-corrected chi connectivity index (χ1v) is 11.3. The lowest BCUT2D eigenvalue weighted by molar-refractivity contribution is -0.139. The van der Waals surface area contributed by atoms with Crippen LogP contribution >= 0.6 is 11.6 Å². The lowest BCUT2D eigenvalue weighted by atomic mass is 10.1. The van der Waals surface area contributed by atoms with Crippen LogP contribution in [0.5, 0.6) is 5.75 Å². The highest BCUT2D eigenvalue weighted by molar-refractivity contribution is 6.32. The lowest BCUT2D eigenvalue weighted by Crippen LogP contribution is -2.31. The highest BCUT2D eigenvalue weighted by Crippen LogP contribution is 2.29. The van der Waals surface area contributed by atoms with Crippen LogP contribution in [0.2, 0.25) is 5.02 Å². The summed E-state index contributed by atoms with van der Waals surface area (Å²) in [6.45, 7) is 5.02. The standard InChI is InChI=1S/C23H26ClN5O4/c1-14(2)29-18-7-6-16(10-15(18)11-19(22(29)32)33-13-20(30)31)26-21-17(24)12-25-23(27-21)28-8-4-3-5-9-28/h6-7,10-12,14H,3-5,8-9,13H2,1-2H3,(H,30,31)(H,25,26,27). The maximum absolute atomic E-state index is 12.8. The summed E-state index contributed by atoms with van der Waals surface area (Å²) < 4.78 is 6.84. The Morgan fingerprint density at radius 1 is 1.24 bits per heavy atom. The summed E-state index contributed by atoms with van der Waals surface area (Å²) >= 11 is 6.36. The Kier molecular flexibility index (Phi) is 6.69. The number of aliphatic carboxylic acids is 1. The zero-order valence-electron chi connectivity index (χ0n) is 18.5. The molecule has 0 aliphatic carbocycles. The SMILES string of the molecule is CC(C)n1c(=O)c(OCC(=O)O)cc2cc(Nc3nc(N4CCCCC4)ncc3Cl)ccc21. The third kappa shape index (κ3) is 5.03. The molecule has 0 bridgehead atoms. The van der Waals surface area contributed by atoms with Crippen molar-refractivity contribution in [3.63, 3.8) is 0 Å². The van der Waals surface area contributed by atoms with Gasteiger partial charge in [-0.05, 0) is 57.4 Å². The number of benzene rings is 1. The van der Waals surface area contributed by atoms with E-state index in [1.54, 1.807) is 16.8 Å². The minimum Gasteiger partial charge on any atom is -0.479 e. The number of hydrogen-bond acceptors (Lipinski definition) is 7. The van der Waals surface area contributed by atoms with E-state index in [9.17, 15) is 9.59 Å². The number of ether oxygens (including phenoxy) is 1. The molecule has 0 radical (unpaired) electrons. The lowest BCUT2D eigenvalue weighted by Gasteiger charge is -2.27. The number of carboxylic acid groups (broad SMARTS) is 1. The third-order valence-corrected chi connectivity index (χ3v) is 5.78. The Morgan fingerprint density at radius 3 is 2.70 bits per heavy atom. The maximum atomic E-state index is 12.8. The van der Waals surface area contributed by atoms with Crippen molar-refractivity contribution in [3.8, 4) is 5.75 Å². The summed E-state index contributed by atoms with van der Waals surface area (Å²) in [5, 5.41) is 13.3. The van der Waals surface area contributed by atoms with E-state index in [0.717, 1.165) is 31.3 Å². The molecule has 1 saturated heterocycles. The van der Waals surface area contributed by atoms with E-state index in [4.69, 9.17) is 21.4 Å². The number of rotatable bonds is 7. The van der Waals surface area contributed by atoms with Crippen LogP contribution in [0.1, 0.15) is 39.2 Å². The molecule has 1 aliphatic rings. The van der Waals surface area contributed by atoms with Gasteiger partial charge in [-0.2, -0.15) is 4.98 Å². The molecular formula is C23H26ClN5O4. The van der Waals surface area contributed by atoms with E-state index in [-0.39, 0.29) is 17.4 Å². The average Bonchev–Trinajstić information content (AvgIpc) is 2.79. The second-order valence-corrected chi connectivity index (χ2v) is 8.68. The summed E-state index contributed by atoms with van der Waals surface area (Å²) in [6.07, 6.45) is 5.04. The van der Waals surface area contributed by atoms with Gasteiger partial charge in [0.2, 0.25) is 5.95 Å². The van der Waals surface area contributed by atoms with Crippen LogP contribution in [0.4, 0.5) is 17.5 Å². The van der Waals surface area contributed by atoms with Crippen molar-refractivity contribution >= 4 is 45.9 Å². The molecule has 0 amide bonds. The minimum atomic E-state index is -1.15. The predicted octanol–water partition coefficient (Wildman–Crippen LogP) is 4.22. The number of halogens is 1. The summed E-state index contributed by atoms with van der Waals surface area (Å²) in [5.74, 6) is -0.0290. The Balaban J connectivity index is 1.70. The van der Waals surface area contributed by atoms with Crippen molar-refractivity contribution in [2.75, 3.05) is 29.9 Å². The summed E-state index contributed by atoms with van der Waals surface area (Å²) in [4.78, 5) is 34.9. The number of anilines is 3. The molecule has 0 saturated carbocycles. The van der Waals surface area contributed by atoms with Gasteiger partial charge in [-0.1, -0.05) is 11.6 Å². The molecule has 174 valence electrons. The number of piperidine rings is 1. The number of nitrogens with one attached hydrogen (secondary N) is 1. The van der Waals surface area contributed by atoms with Gasteiger partial charge < -0.3 is 24.6 Å². The van der Waals surface area contributed by atoms with Gasteiger partial charge in [-0.15, -0.1) is 0 Å². The van der Waals surface area contributed by atoms with Crippen LogP contribution in [0, 0.1) is 0 Å². The molecular weight excluding hydrogens is 446 g/mol. The zero-order chi connectivity index (χ0) is 23.5. The Hall–Kier alpha value is -3.33.